The van der Waals surface area contributed by atoms with Crippen LogP contribution in [0.4, 0.5) is 0 Å². The topological polar surface area (TPSA) is 47.7 Å². The molecule has 1 rings (SSSR count). The zero-order valence-corrected chi connectivity index (χ0v) is 9.13. The van der Waals surface area contributed by atoms with Crippen molar-refractivity contribution in [3.05, 3.63) is 0 Å². The predicted molar refractivity (Wildman–Crippen MR) is 52.9 cm³/mol. The maximum atomic E-state index is 5.73. The zero-order valence-electron chi connectivity index (χ0n) is 9.13. The zero-order chi connectivity index (χ0) is 10.3. The van der Waals surface area contributed by atoms with Crippen LogP contribution in [-0.2, 0) is 9.31 Å². The monoisotopic (exact) mass is 186 g/mol. The average molecular weight is 186 g/mol. The van der Waals surface area contributed by atoms with Crippen molar-refractivity contribution in [3.8, 4) is 0 Å². The van der Waals surface area contributed by atoms with Gasteiger partial charge in [-0.25, -0.2) is 0 Å². The van der Waals surface area contributed by atoms with Crippen LogP contribution in [0.1, 0.15) is 27.7 Å². The molecule has 1 heterocycles. The molecule has 0 saturated carbocycles. The Morgan fingerprint density at radius 2 is 1.54 bits per heavy atom. The molecule has 2 N–H and O–H groups in total. The van der Waals surface area contributed by atoms with Gasteiger partial charge >= 0.3 is 7.12 Å². The van der Waals surface area contributed by atoms with E-state index in [0.29, 0.717) is 6.44 Å². The van der Waals surface area contributed by atoms with Gasteiger partial charge in [0.1, 0.15) is 0 Å². The van der Waals surface area contributed by atoms with Gasteiger partial charge in [-0.2, -0.15) is 0 Å². The van der Waals surface area contributed by atoms with E-state index >= 15 is 0 Å². The van der Waals surface area contributed by atoms with E-state index in [-0.39, 0.29) is 18.3 Å². The first kappa shape index (κ1) is 11.0. The molecule has 5 heteroatoms. The van der Waals surface area contributed by atoms with Crippen LogP contribution < -0.4 is 5.84 Å². The van der Waals surface area contributed by atoms with Gasteiger partial charge in [0.15, 0.2) is 0 Å². The van der Waals surface area contributed by atoms with Crippen molar-refractivity contribution in [2.24, 2.45) is 5.84 Å². The highest BCUT2D eigenvalue weighted by atomic mass is 16.7. The lowest BCUT2D eigenvalue weighted by Gasteiger charge is -2.32. The van der Waals surface area contributed by atoms with E-state index in [9.17, 15) is 0 Å². The van der Waals surface area contributed by atoms with Crippen LogP contribution in [0.3, 0.4) is 0 Å². The van der Waals surface area contributed by atoms with E-state index in [2.05, 4.69) is 0 Å². The van der Waals surface area contributed by atoms with Gasteiger partial charge in [-0.3, -0.25) is 10.9 Å². The van der Waals surface area contributed by atoms with Gasteiger partial charge in [0, 0.05) is 13.5 Å². The lowest BCUT2D eigenvalue weighted by molar-refractivity contribution is 0.00578. The first-order valence-corrected chi connectivity index (χ1v) is 4.56. The Morgan fingerprint density at radius 1 is 1.15 bits per heavy atom. The van der Waals surface area contributed by atoms with E-state index in [1.807, 2.05) is 27.7 Å². The van der Waals surface area contributed by atoms with Crippen LogP contribution in [0.2, 0.25) is 0 Å². The SMILES string of the molecule is CN(N)CB1OC(C)(C)C(C)(C)O1. The summed E-state index contributed by atoms with van der Waals surface area (Å²) >= 11 is 0. The molecule has 4 nitrogen and oxygen atoms in total. The van der Waals surface area contributed by atoms with Crippen molar-refractivity contribution in [2.45, 2.75) is 38.9 Å². The summed E-state index contributed by atoms with van der Waals surface area (Å²) in [4.78, 5) is 0. The fraction of sp³-hybridized carbons (Fsp3) is 1.00. The summed E-state index contributed by atoms with van der Waals surface area (Å²) in [6, 6.07) is 0. The minimum atomic E-state index is -0.256. The Balaban J connectivity index is 2.60. The van der Waals surface area contributed by atoms with Gasteiger partial charge in [0.05, 0.1) is 11.2 Å². The second-order valence-corrected chi connectivity index (χ2v) is 4.63. The Labute approximate surface area is 80.5 Å². The Hall–Kier alpha value is -0.0951. The standard InChI is InChI=1S/C8H19BN2O2/c1-7(2)8(3,4)13-9(12-7)6-11(5)10/h6,10H2,1-5H3. The molecule has 0 unspecified atom stereocenters. The molecule has 0 bridgehead atoms. The third-order valence-corrected chi connectivity index (χ3v) is 2.74. The second-order valence-electron chi connectivity index (χ2n) is 4.63. The summed E-state index contributed by atoms with van der Waals surface area (Å²) in [5.74, 6) is 5.52. The number of hydrogen-bond acceptors (Lipinski definition) is 4. The van der Waals surface area contributed by atoms with Crippen molar-refractivity contribution >= 4 is 7.12 Å². The molecule has 0 aliphatic carbocycles. The number of nitrogens with zero attached hydrogens (tertiary/aromatic N) is 1. The number of hydrogen-bond donors (Lipinski definition) is 1. The summed E-state index contributed by atoms with van der Waals surface area (Å²) in [5, 5.41) is 1.57. The highest BCUT2D eigenvalue weighted by Gasteiger charge is 2.50. The molecule has 0 radical (unpaired) electrons. The second kappa shape index (κ2) is 3.24. The lowest BCUT2D eigenvalue weighted by atomic mass is 9.90. The van der Waals surface area contributed by atoms with E-state index in [0.717, 1.165) is 0 Å². The molecule has 0 amide bonds. The molecule has 1 aliphatic heterocycles. The summed E-state index contributed by atoms with van der Waals surface area (Å²) in [7, 11) is 1.57. The van der Waals surface area contributed by atoms with Crippen molar-refractivity contribution < 1.29 is 9.31 Å². The van der Waals surface area contributed by atoms with Crippen LogP contribution in [0, 0.1) is 0 Å². The quantitative estimate of drug-likeness (QED) is 0.385. The summed E-state index contributed by atoms with van der Waals surface area (Å²) in [5.41, 5.74) is -0.513. The summed E-state index contributed by atoms with van der Waals surface area (Å²) in [6.45, 7) is 8.13. The van der Waals surface area contributed by atoms with Crippen LogP contribution in [-0.4, -0.2) is 36.8 Å². The number of hydrazine groups is 1. The molecule has 76 valence electrons. The number of rotatable bonds is 2. The fourth-order valence-electron chi connectivity index (χ4n) is 1.27. The van der Waals surface area contributed by atoms with E-state index in [1.165, 1.54) is 0 Å². The highest BCUT2D eigenvalue weighted by Crippen LogP contribution is 2.36. The van der Waals surface area contributed by atoms with Gasteiger partial charge in [-0.1, -0.05) is 0 Å². The van der Waals surface area contributed by atoms with E-state index in [4.69, 9.17) is 15.2 Å². The largest absolute Gasteiger partial charge is 0.474 e. The summed E-state index contributed by atoms with van der Waals surface area (Å²) in [6.07, 6.45) is 0.590. The molecule has 0 aromatic carbocycles. The number of nitrogens with two attached hydrogens (primary N) is 1. The molecule has 0 atom stereocenters. The molecule has 1 saturated heterocycles. The molecule has 0 spiro atoms. The minimum absolute atomic E-state index is 0.222. The van der Waals surface area contributed by atoms with Gasteiger partial charge in [0.25, 0.3) is 0 Å². The van der Waals surface area contributed by atoms with Gasteiger partial charge in [-0.15, -0.1) is 0 Å². The molecule has 1 aliphatic rings. The normalized spacial score (nSPS) is 25.6. The molecular formula is C8H19BN2O2. The first-order chi connectivity index (χ1) is 5.74. The van der Waals surface area contributed by atoms with Crippen LogP contribution in [0.5, 0.6) is 0 Å². The lowest BCUT2D eigenvalue weighted by Crippen LogP contribution is -2.41. The van der Waals surface area contributed by atoms with Crippen molar-refractivity contribution in [2.75, 3.05) is 13.5 Å². The third-order valence-electron chi connectivity index (χ3n) is 2.74. The van der Waals surface area contributed by atoms with Crippen LogP contribution in [0.25, 0.3) is 0 Å². The molecular weight excluding hydrogens is 167 g/mol. The van der Waals surface area contributed by atoms with Crippen molar-refractivity contribution in [3.63, 3.8) is 0 Å². The van der Waals surface area contributed by atoms with Crippen molar-refractivity contribution in [1.82, 2.24) is 5.01 Å². The van der Waals surface area contributed by atoms with E-state index < -0.39 is 0 Å². The maximum absolute atomic E-state index is 5.73. The molecule has 0 aromatic rings. The molecule has 13 heavy (non-hydrogen) atoms. The predicted octanol–water partition coefficient (Wildman–Crippen LogP) is 0.423. The highest BCUT2D eigenvalue weighted by molar-refractivity contribution is 6.45. The van der Waals surface area contributed by atoms with Gasteiger partial charge in [-0.05, 0) is 27.7 Å². The Bertz CT molecular complexity index is 179. The fourth-order valence-corrected chi connectivity index (χ4v) is 1.27. The summed E-state index contributed by atoms with van der Waals surface area (Å²) < 4.78 is 11.5. The van der Waals surface area contributed by atoms with Crippen LogP contribution >= 0.6 is 0 Å². The Kier molecular flexibility index (Phi) is 2.74. The smallest absolute Gasteiger partial charge is 0.402 e. The third kappa shape index (κ3) is 2.23. The van der Waals surface area contributed by atoms with E-state index in [1.54, 1.807) is 12.1 Å². The van der Waals surface area contributed by atoms with Gasteiger partial charge < -0.3 is 9.31 Å². The minimum Gasteiger partial charge on any atom is -0.402 e. The first-order valence-electron chi connectivity index (χ1n) is 4.56. The molecule has 1 fully saturated rings. The average Bonchev–Trinajstić information content (AvgIpc) is 1.98. The Morgan fingerprint density at radius 3 is 1.85 bits per heavy atom. The van der Waals surface area contributed by atoms with Gasteiger partial charge in [0.2, 0.25) is 0 Å². The molecule has 0 aromatic heterocycles. The van der Waals surface area contributed by atoms with Crippen LogP contribution in [0.15, 0.2) is 0 Å². The maximum Gasteiger partial charge on any atom is 0.474 e. The van der Waals surface area contributed by atoms with Crippen molar-refractivity contribution in [1.29, 1.82) is 0 Å².